The molecule has 1 N–H and O–H groups in total. The number of rotatable bonds is 2. The van der Waals surface area contributed by atoms with Crippen molar-refractivity contribution in [2.45, 2.75) is 38.0 Å². The zero-order chi connectivity index (χ0) is 11.8. The molecule has 4 nitrogen and oxygen atoms in total. The molecule has 0 amide bonds. The first-order chi connectivity index (χ1) is 8.22. The summed E-state index contributed by atoms with van der Waals surface area (Å²) in [4.78, 5) is 5.08. The molecule has 4 heteroatoms. The molecule has 0 radical (unpaired) electrons. The minimum atomic E-state index is -0.0954. The third-order valence-electron chi connectivity index (χ3n) is 4.59. The van der Waals surface area contributed by atoms with Crippen LogP contribution in [0.4, 0.5) is 0 Å². The molecule has 4 atom stereocenters. The Morgan fingerprint density at radius 1 is 1.29 bits per heavy atom. The van der Waals surface area contributed by atoms with Crippen molar-refractivity contribution in [2.24, 2.45) is 5.92 Å². The highest BCUT2D eigenvalue weighted by atomic mass is 16.5. The summed E-state index contributed by atoms with van der Waals surface area (Å²) in [6.07, 6.45) is 2.09. The fourth-order valence-electron chi connectivity index (χ4n) is 3.59. The zero-order valence-corrected chi connectivity index (χ0v) is 10.7. The van der Waals surface area contributed by atoms with E-state index in [1.807, 2.05) is 0 Å². The smallest absolute Gasteiger partial charge is 0.0682 e. The second-order valence-corrected chi connectivity index (χ2v) is 6.03. The Balaban J connectivity index is 1.58. The van der Waals surface area contributed by atoms with E-state index in [-0.39, 0.29) is 6.10 Å². The van der Waals surface area contributed by atoms with Crippen LogP contribution in [0.3, 0.4) is 0 Å². The number of nitrogens with zero attached hydrogens (tertiary/aromatic N) is 2. The lowest BCUT2D eigenvalue weighted by molar-refractivity contribution is 0.0452. The van der Waals surface area contributed by atoms with E-state index in [4.69, 9.17) is 4.74 Å². The molecule has 17 heavy (non-hydrogen) atoms. The van der Waals surface area contributed by atoms with Gasteiger partial charge in [0.25, 0.3) is 0 Å². The van der Waals surface area contributed by atoms with Gasteiger partial charge in [-0.3, -0.25) is 9.80 Å². The summed E-state index contributed by atoms with van der Waals surface area (Å²) in [5.41, 5.74) is 0. The van der Waals surface area contributed by atoms with Crippen LogP contribution in [0.5, 0.6) is 0 Å². The number of aliphatic hydroxyl groups excluding tert-OH is 1. The van der Waals surface area contributed by atoms with Crippen LogP contribution in [0, 0.1) is 5.92 Å². The molecule has 3 fully saturated rings. The SMILES string of the molecule is C[C@H]1CN2C[C@H](O)C[C@@H]2CN1C[C@H]1CCOC1. The zero-order valence-electron chi connectivity index (χ0n) is 10.7. The van der Waals surface area contributed by atoms with E-state index in [2.05, 4.69) is 16.7 Å². The van der Waals surface area contributed by atoms with Crippen molar-refractivity contribution >= 4 is 0 Å². The summed E-state index contributed by atoms with van der Waals surface area (Å²) in [7, 11) is 0. The van der Waals surface area contributed by atoms with E-state index in [1.54, 1.807) is 0 Å². The lowest BCUT2D eigenvalue weighted by Gasteiger charge is -2.43. The van der Waals surface area contributed by atoms with Gasteiger partial charge in [0.05, 0.1) is 12.7 Å². The summed E-state index contributed by atoms with van der Waals surface area (Å²) < 4.78 is 5.46. The summed E-state index contributed by atoms with van der Waals surface area (Å²) in [6, 6.07) is 1.21. The van der Waals surface area contributed by atoms with Crippen LogP contribution in [0.2, 0.25) is 0 Å². The first-order valence-electron chi connectivity index (χ1n) is 6.96. The van der Waals surface area contributed by atoms with Crippen molar-refractivity contribution in [1.29, 1.82) is 0 Å². The summed E-state index contributed by atoms with van der Waals surface area (Å²) in [5, 5.41) is 9.74. The van der Waals surface area contributed by atoms with Gasteiger partial charge in [0.2, 0.25) is 0 Å². The molecular weight excluding hydrogens is 216 g/mol. The predicted molar refractivity (Wildman–Crippen MR) is 65.9 cm³/mol. The second-order valence-electron chi connectivity index (χ2n) is 6.03. The molecule has 0 saturated carbocycles. The highest BCUT2D eigenvalue weighted by Crippen LogP contribution is 2.26. The van der Waals surface area contributed by atoms with Crippen LogP contribution in [0.25, 0.3) is 0 Å². The van der Waals surface area contributed by atoms with Crippen molar-refractivity contribution in [1.82, 2.24) is 9.80 Å². The fourth-order valence-corrected chi connectivity index (χ4v) is 3.59. The molecule has 3 aliphatic heterocycles. The molecule has 0 aromatic heterocycles. The quantitative estimate of drug-likeness (QED) is 0.746. The van der Waals surface area contributed by atoms with Gasteiger partial charge in [-0.05, 0) is 25.7 Å². The van der Waals surface area contributed by atoms with Crippen LogP contribution < -0.4 is 0 Å². The van der Waals surface area contributed by atoms with E-state index in [0.717, 1.165) is 45.2 Å². The Hall–Kier alpha value is -0.160. The van der Waals surface area contributed by atoms with Crippen molar-refractivity contribution in [3.05, 3.63) is 0 Å². The van der Waals surface area contributed by atoms with Gasteiger partial charge in [-0.15, -0.1) is 0 Å². The summed E-state index contributed by atoms with van der Waals surface area (Å²) in [6.45, 7) is 8.53. The lowest BCUT2D eigenvalue weighted by Crippen LogP contribution is -2.55. The van der Waals surface area contributed by atoms with Gasteiger partial charge in [-0.1, -0.05) is 0 Å². The Morgan fingerprint density at radius 2 is 2.18 bits per heavy atom. The van der Waals surface area contributed by atoms with Crippen LogP contribution in [0.15, 0.2) is 0 Å². The van der Waals surface area contributed by atoms with Gasteiger partial charge >= 0.3 is 0 Å². The third-order valence-corrected chi connectivity index (χ3v) is 4.59. The minimum absolute atomic E-state index is 0.0954. The van der Waals surface area contributed by atoms with Gasteiger partial charge in [-0.2, -0.15) is 0 Å². The molecule has 3 heterocycles. The highest BCUT2D eigenvalue weighted by Gasteiger charge is 2.38. The topological polar surface area (TPSA) is 35.9 Å². The van der Waals surface area contributed by atoms with Crippen LogP contribution in [0.1, 0.15) is 19.8 Å². The largest absolute Gasteiger partial charge is 0.392 e. The Morgan fingerprint density at radius 3 is 2.94 bits per heavy atom. The standard InChI is InChI=1S/C13H24N2O2/c1-10-5-15-8-13(16)4-12(15)7-14(10)6-11-2-3-17-9-11/h10-13,16H,2-9H2,1H3/t10-,11+,12+,13+/m0/s1. The molecule has 0 aliphatic carbocycles. The molecular formula is C13H24N2O2. The molecule has 0 unspecified atom stereocenters. The van der Waals surface area contributed by atoms with E-state index in [1.165, 1.54) is 13.0 Å². The second kappa shape index (κ2) is 4.84. The third kappa shape index (κ3) is 2.50. The monoisotopic (exact) mass is 240 g/mol. The van der Waals surface area contributed by atoms with Gasteiger partial charge in [0.1, 0.15) is 0 Å². The average molecular weight is 240 g/mol. The molecule has 98 valence electrons. The lowest BCUT2D eigenvalue weighted by atomic mass is 10.0. The summed E-state index contributed by atoms with van der Waals surface area (Å²) >= 11 is 0. The Labute approximate surface area is 104 Å². The van der Waals surface area contributed by atoms with Crippen molar-refractivity contribution in [3.63, 3.8) is 0 Å². The number of hydrogen-bond acceptors (Lipinski definition) is 4. The van der Waals surface area contributed by atoms with E-state index < -0.39 is 0 Å². The average Bonchev–Trinajstić information content (AvgIpc) is 2.87. The molecule has 0 spiro atoms. The maximum absolute atomic E-state index is 9.74. The minimum Gasteiger partial charge on any atom is -0.392 e. The number of ether oxygens (including phenoxy) is 1. The van der Waals surface area contributed by atoms with Gasteiger partial charge < -0.3 is 9.84 Å². The van der Waals surface area contributed by atoms with E-state index in [0.29, 0.717) is 12.1 Å². The van der Waals surface area contributed by atoms with Crippen LogP contribution in [-0.4, -0.2) is 72.5 Å². The van der Waals surface area contributed by atoms with Crippen molar-refractivity contribution in [2.75, 3.05) is 39.4 Å². The molecule has 0 aromatic carbocycles. The molecule has 3 saturated heterocycles. The molecule has 3 aliphatic rings. The van der Waals surface area contributed by atoms with Gasteiger partial charge in [-0.25, -0.2) is 0 Å². The van der Waals surface area contributed by atoms with E-state index >= 15 is 0 Å². The molecule has 0 bridgehead atoms. The number of fused-ring (bicyclic) bond motifs is 1. The van der Waals surface area contributed by atoms with Crippen LogP contribution >= 0.6 is 0 Å². The molecule has 0 aromatic rings. The first-order valence-corrected chi connectivity index (χ1v) is 6.96. The maximum Gasteiger partial charge on any atom is 0.0682 e. The predicted octanol–water partition coefficient (Wildman–Crippen LogP) is 0.162. The summed E-state index contributed by atoms with van der Waals surface area (Å²) in [5.74, 6) is 0.732. The van der Waals surface area contributed by atoms with Gasteiger partial charge in [0.15, 0.2) is 0 Å². The van der Waals surface area contributed by atoms with Crippen molar-refractivity contribution < 1.29 is 9.84 Å². The molecule has 3 rings (SSSR count). The normalized spacial score (nSPS) is 44.1. The Kier molecular flexibility index (Phi) is 3.39. The first kappa shape index (κ1) is 11.9. The number of piperazine rings is 1. The maximum atomic E-state index is 9.74. The number of aliphatic hydroxyl groups is 1. The van der Waals surface area contributed by atoms with Crippen molar-refractivity contribution in [3.8, 4) is 0 Å². The van der Waals surface area contributed by atoms with Crippen LogP contribution in [-0.2, 0) is 4.74 Å². The van der Waals surface area contributed by atoms with Gasteiger partial charge in [0, 0.05) is 44.9 Å². The van der Waals surface area contributed by atoms with E-state index in [9.17, 15) is 5.11 Å². The number of hydrogen-bond donors (Lipinski definition) is 1. The Bertz CT molecular complexity index is 268. The fraction of sp³-hybridized carbons (Fsp3) is 1.00. The highest BCUT2D eigenvalue weighted by molar-refractivity contribution is 4.94.